The highest BCUT2D eigenvalue weighted by molar-refractivity contribution is 5.80. The van der Waals surface area contributed by atoms with E-state index in [1.165, 1.54) is 12.1 Å². The van der Waals surface area contributed by atoms with E-state index in [4.69, 9.17) is 5.73 Å². The molecule has 0 spiro atoms. The number of hydrogen-bond donors (Lipinski definition) is 1. The monoisotopic (exact) mass is 305 g/mol. The molecule has 6 heteroatoms. The highest BCUT2D eigenvalue weighted by atomic mass is 19.1. The molecule has 2 heterocycles. The van der Waals surface area contributed by atoms with Crippen molar-refractivity contribution in [2.45, 2.75) is 38.1 Å². The van der Waals surface area contributed by atoms with Crippen molar-refractivity contribution in [1.29, 1.82) is 0 Å². The number of rotatable bonds is 3. The molecular weight excluding hydrogens is 288 g/mol. The molecule has 1 aliphatic rings. The molecule has 2 atom stereocenters. The molecule has 0 radical (unpaired) electrons. The molecule has 4 nitrogen and oxygen atoms in total. The SMILES string of the molecule is CC(C(N)=O)c1cn2c(n1)CCC[C@H]2c1cc(F)cc(F)c1. The molecule has 1 aromatic carbocycles. The number of imidazole rings is 1. The van der Waals surface area contributed by atoms with Crippen molar-refractivity contribution in [1.82, 2.24) is 9.55 Å². The van der Waals surface area contributed by atoms with E-state index in [0.717, 1.165) is 31.2 Å². The molecular formula is C16H17F2N3O. The fourth-order valence-electron chi connectivity index (χ4n) is 2.95. The highest BCUT2D eigenvalue weighted by Crippen LogP contribution is 2.32. The van der Waals surface area contributed by atoms with Crippen LogP contribution in [0.5, 0.6) is 0 Å². The number of halogens is 2. The molecule has 1 amide bonds. The third-order valence-electron chi connectivity index (χ3n) is 4.18. The lowest BCUT2D eigenvalue weighted by molar-refractivity contribution is -0.119. The van der Waals surface area contributed by atoms with Gasteiger partial charge in [-0.05, 0) is 37.5 Å². The number of fused-ring (bicyclic) bond motifs is 1. The minimum absolute atomic E-state index is 0.171. The maximum Gasteiger partial charge on any atom is 0.226 e. The van der Waals surface area contributed by atoms with Crippen LogP contribution in [-0.4, -0.2) is 15.5 Å². The maximum absolute atomic E-state index is 13.5. The van der Waals surface area contributed by atoms with Crippen LogP contribution in [-0.2, 0) is 11.2 Å². The zero-order valence-electron chi connectivity index (χ0n) is 12.2. The summed E-state index contributed by atoms with van der Waals surface area (Å²) in [6, 6.07) is 3.39. The van der Waals surface area contributed by atoms with Crippen LogP contribution < -0.4 is 5.73 Å². The van der Waals surface area contributed by atoms with Gasteiger partial charge in [-0.25, -0.2) is 13.8 Å². The minimum Gasteiger partial charge on any atom is -0.369 e. The highest BCUT2D eigenvalue weighted by Gasteiger charge is 2.26. The Kier molecular flexibility index (Phi) is 3.68. The van der Waals surface area contributed by atoms with Crippen molar-refractivity contribution in [2.75, 3.05) is 0 Å². The number of nitrogens with zero attached hydrogens (tertiary/aromatic N) is 2. The summed E-state index contributed by atoms with van der Waals surface area (Å²) in [6.45, 7) is 1.70. The number of hydrogen-bond acceptors (Lipinski definition) is 2. The fourth-order valence-corrected chi connectivity index (χ4v) is 2.95. The van der Waals surface area contributed by atoms with Gasteiger partial charge in [0.1, 0.15) is 17.5 Å². The first-order valence-electron chi connectivity index (χ1n) is 7.28. The van der Waals surface area contributed by atoms with E-state index in [2.05, 4.69) is 4.98 Å². The van der Waals surface area contributed by atoms with Gasteiger partial charge < -0.3 is 10.3 Å². The summed E-state index contributed by atoms with van der Waals surface area (Å²) in [4.78, 5) is 15.8. The van der Waals surface area contributed by atoms with Gasteiger partial charge in [-0.2, -0.15) is 0 Å². The van der Waals surface area contributed by atoms with Crippen molar-refractivity contribution in [3.63, 3.8) is 0 Å². The predicted octanol–water partition coefficient (Wildman–Crippen LogP) is 2.68. The van der Waals surface area contributed by atoms with Gasteiger partial charge in [-0.3, -0.25) is 4.79 Å². The second kappa shape index (κ2) is 5.51. The van der Waals surface area contributed by atoms with Gasteiger partial charge in [-0.1, -0.05) is 0 Å². The largest absolute Gasteiger partial charge is 0.369 e. The zero-order valence-corrected chi connectivity index (χ0v) is 12.2. The summed E-state index contributed by atoms with van der Waals surface area (Å²) in [6.07, 6.45) is 4.21. The first kappa shape index (κ1) is 14.7. The Morgan fingerprint density at radius 3 is 2.68 bits per heavy atom. The average Bonchev–Trinajstić information content (AvgIpc) is 2.88. The maximum atomic E-state index is 13.5. The molecule has 0 bridgehead atoms. The van der Waals surface area contributed by atoms with Crippen molar-refractivity contribution in [3.05, 3.63) is 53.1 Å². The van der Waals surface area contributed by atoms with Crippen LogP contribution in [0.2, 0.25) is 0 Å². The number of benzene rings is 1. The van der Waals surface area contributed by atoms with Crippen LogP contribution in [0.25, 0.3) is 0 Å². The van der Waals surface area contributed by atoms with Crippen molar-refractivity contribution in [2.24, 2.45) is 5.73 Å². The smallest absolute Gasteiger partial charge is 0.226 e. The van der Waals surface area contributed by atoms with Gasteiger partial charge >= 0.3 is 0 Å². The van der Waals surface area contributed by atoms with Gasteiger partial charge in [0.05, 0.1) is 17.7 Å². The van der Waals surface area contributed by atoms with Crippen LogP contribution in [0.4, 0.5) is 8.78 Å². The van der Waals surface area contributed by atoms with E-state index in [1.807, 2.05) is 4.57 Å². The molecule has 22 heavy (non-hydrogen) atoms. The van der Waals surface area contributed by atoms with Gasteiger partial charge in [0, 0.05) is 18.7 Å². The number of aryl methyl sites for hydroxylation is 1. The van der Waals surface area contributed by atoms with E-state index >= 15 is 0 Å². The second-order valence-electron chi connectivity index (χ2n) is 5.72. The Bertz CT molecular complexity index is 706. The van der Waals surface area contributed by atoms with E-state index in [0.29, 0.717) is 11.3 Å². The first-order valence-corrected chi connectivity index (χ1v) is 7.28. The molecule has 0 fully saturated rings. The lowest BCUT2D eigenvalue weighted by Crippen LogP contribution is -2.19. The summed E-state index contributed by atoms with van der Waals surface area (Å²) < 4.78 is 28.9. The van der Waals surface area contributed by atoms with Crippen molar-refractivity contribution < 1.29 is 13.6 Å². The van der Waals surface area contributed by atoms with E-state index in [9.17, 15) is 13.6 Å². The summed E-state index contributed by atoms with van der Waals surface area (Å²) in [5, 5.41) is 0. The summed E-state index contributed by atoms with van der Waals surface area (Å²) in [5.41, 5.74) is 6.50. The standard InChI is InChI=1S/C16H17F2N3O/c1-9(16(19)22)13-8-21-14(3-2-4-15(21)20-13)10-5-11(17)7-12(18)6-10/h5-9,14H,2-4H2,1H3,(H2,19,22)/t9?,14-/m0/s1. The Morgan fingerprint density at radius 2 is 2.05 bits per heavy atom. The topological polar surface area (TPSA) is 60.9 Å². The molecule has 1 aromatic heterocycles. The van der Waals surface area contributed by atoms with Crippen LogP contribution in [0.1, 0.15) is 48.8 Å². The number of carbonyl (C=O) groups is 1. The molecule has 2 N–H and O–H groups in total. The number of nitrogens with two attached hydrogens (primary N) is 1. The number of amides is 1. The summed E-state index contributed by atoms with van der Waals surface area (Å²) >= 11 is 0. The van der Waals surface area contributed by atoms with Gasteiger partial charge in [0.2, 0.25) is 5.91 Å². The first-order chi connectivity index (χ1) is 10.5. The van der Waals surface area contributed by atoms with Crippen LogP contribution in [0, 0.1) is 11.6 Å². The van der Waals surface area contributed by atoms with E-state index in [1.54, 1.807) is 13.1 Å². The van der Waals surface area contributed by atoms with Crippen molar-refractivity contribution >= 4 is 5.91 Å². The second-order valence-corrected chi connectivity index (χ2v) is 5.72. The summed E-state index contributed by atoms with van der Waals surface area (Å²) in [7, 11) is 0. The Labute approximate surface area is 127 Å². The Balaban J connectivity index is 2.02. The number of carbonyl (C=O) groups excluding carboxylic acids is 1. The third-order valence-corrected chi connectivity index (χ3v) is 4.18. The van der Waals surface area contributed by atoms with Crippen molar-refractivity contribution in [3.8, 4) is 0 Å². The van der Waals surface area contributed by atoms with Gasteiger partial charge in [-0.15, -0.1) is 0 Å². The quantitative estimate of drug-likeness (QED) is 0.947. The molecule has 1 unspecified atom stereocenters. The number of aromatic nitrogens is 2. The van der Waals surface area contributed by atoms with Crippen LogP contribution in [0.3, 0.4) is 0 Å². The average molecular weight is 305 g/mol. The summed E-state index contributed by atoms with van der Waals surface area (Å²) in [5.74, 6) is -1.28. The molecule has 2 aromatic rings. The zero-order chi connectivity index (χ0) is 15.9. The molecule has 0 saturated heterocycles. The molecule has 1 aliphatic heterocycles. The molecule has 0 aliphatic carbocycles. The Hall–Kier alpha value is -2.24. The fraction of sp³-hybridized carbons (Fsp3) is 0.375. The Morgan fingerprint density at radius 1 is 1.36 bits per heavy atom. The third kappa shape index (κ3) is 2.61. The minimum atomic E-state index is -0.590. The lowest BCUT2D eigenvalue weighted by Gasteiger charge is -2.25. The van der Waals surface area contributed by atoms with Crippen LogP contribution in [0.15, 0.2) is 24.4 Å². The number of primary amides is 1. The molecule has 116 valence electrons. The normalized spacial score (nSPS) is 18.8. The molecule has 0 saturated carbocycles. The predicted molar refractivity (Wildman–Crippen MR) is 77.3 cm³/mol. The lowest BCUT2D eigenvalue weighted by atomic mass is 9.97. The van der Waals surface area contributed by atoms with Crippen LogP contribution >= 0.6 is 0 Å². The molecule has 3 rings (SSSR count). The van der Waals surface area contributed by atoms with E-state index in [-0.39, 0.29) is 6.04 Å². The van der Waals surface area contributed by atoms with Gasteiger partial charge in [0.25, 0.3) is 0 Å². The van der Waals surface area contributed by atoms with Gasteiger partial charge in [0.15, 0.2) is 0 Å². The van der Waals surface area contributed by atoms with E-state index < -0.39 is 23.5 Å².